The van der Waals surface area contributed by atoms with Gasteiger partial charge in [-0.3, -0.25) is 4.79 Å². The van der Waals surface area contributed by atoms with E-state index in [1.54, 1.807) is 0 Å². The van der Waals surface area contributed by atoms with E-state index in [2.05, 4.69) is 0 Å². The Morgan fingerprint density at radius 3 is 2.75 bits per heavy atom. The first-order valence-corrected chi connectivity index (χ1v) is 4.87. The van der Waals surface area contributed by atoms with Crippen molar-refractivity contribution in [3.63, 3.8) is 0 Å². The highest BCUT2D eigenvalue weighted by molar-refractivity contribution is 6.32. The Morgan fingerprint density at radius 1 is 1.62 bits per heavy atom. The molecule has 16 heavy (non-hydrogen) atoms. The van der Waals surface area contributed by atoms with Crippen LogP contribution < -0.4 is 10.5 Å². The molecule has 0 aliphatic carbocycles. The Balaban J connectivity index is 2.98. The summed E-state index contributed by atoms with van der Waals surface area (Å²) in [5.41, 5.74) is 5.97. The number of aromatic hydroxyl groups is 1. The number of rotatable bonds is 4. The molecule has 0 bridgehead atoms. The van der Waals surface area contributed by atoms with E-state index >= 15 is 0 Å². The molecule has 1 aromatic rings. The summed E-state index contributed by atoms with van der Waals surface area (Å²) >= 11 is 5.74. The maximum Gasteiger partial charge on any atom is 0.320 e. The van der Waals surface area contributed by atoms with Gasteiger partial charge in [-0.25, -0.2) is 0 Å². The van der Waals surface area contributed by atoms with Gasteiger partial charge in [0.25, 0.3) is 0 Å². The van der Waals surface area contributed by atoms with Crippen LogP contribution in [0, 0.1) is 0 Å². The highest BCUT2D eigenvalue weighted by Crippen LogP contribution is 2.35. The number of methoxy groups -OCH3 is 1. The maximum atomic E-state index is 10.6. The van der Waals surface area contributed by atoms with E-state index in [4.69, 9.17) is 27.2 Å². The van der Waals surface area contributed by atoms with E-state index in [0.717, 1.165) is 0 Å². The van der Waals surface area contributed by atoms with Gasteiger partial charge in [-0.2, -0.15) is 0 Å². The van der Waals surface area contributed by atoms with Gasteiger partial charge >= 0.3 is 5.97 Å². The van der Waals surface area contributed by atoms with E-state index in [9.17, 15) is 9.90 Å². The van der Waals surface area contributed by atoms with Crippen molar-refractivity contribution in [1.29, 1.82) is 0 Å². The van der Waals surface area contributed by atoms with Crippen LogP contribution in [0.25, 0.3) is 0 Å². The minimum absolute atomic E-state index is 0.104. The Hall–Kier alpha value is -1.46. The van der Waals surface area contributed by atoms with E-state index in [-0.39, 0.29) is 22.9 Å². The summed E-state index contributed by atoms with van der Waals surface area (Å²) in [4.78, 5) is 10.6. The molecule has 0 spiro atoms. The zero-order valence-corrected chi connectivity index (χ0v) is 9.36. The van der Waals surface area contributed by atoms with Gasteiger partial charge in [0, 0.05) is 0 Å². The van der Waals surface area contributed by atoms with Gasteiger partial charge < -0.3 is 20.7 Å². The Bertz CT molecular complexity index is 408. The molecule has 0 saturated heterocycles. The number of hydrogen-bond donors (Lipinski definition) is 3. The maximum absolute atomic E-state index is 10.6. The molecular weight excluding hydrogens is 234 g/mol. The standard InChI is InChI=1S/C10H12ClNO4/c1-16-8-4-5(2-6(11)9(8)13)3-7(12)10(14)15/h2,4,7,13H,3,12H2,1H3,(H,14,15)/t7-/m1/s1. The molecule has 1 aromatic carbocycles. The van der Waals surface area contributed by atoms with Crippen molar-refractivity contribution in [2.45, 2.75) is 12.5 Å². The summed E-state index contributed by atoms with van der Waals surface area (Å²) in [6.45, 7) is 0. The Morgan fingerprint density at radius 2 is 2.25 bits per heavy atom. The number of ether oxygens (including phenoxy) is 1. The van der Waals surface area contributed by atoms with Gasteiger partial charge in [0.05, 0.1) is 12.1 Å². The van der Waals surface area contributed by atoms with Crippen molar-refractivity contribution >= 4 is 17.6 Å². The number of phenols is 1. The molecule has 0 aromatic heterocycles. The quantitative estimate of drug-likeness (QED) is 0.736. The van der Waals surface area contributed by atoms with Crippen molar-refractivity contribution in [1.82, 2.24) is 0 Å². The molecular formula is C10H12ClNO4. The SMILES string of the molecule is COc1cc(C[C@@H](N)C(=O)O)cc(Cl)c1O. The lowest BCUT2D eigenvalue weighted by molar-refractivity contribution is -0.138. The van der Waals surface area contributed by atoms with E-state index in [0.29, 0.717) is 5.56 Å². The summed E-state index contributed by atoms with van der Waals surface area (Å²) in [5.74, 6) is -1.07. The molecule has 88 valence electrons. The third-order valence-electron chi connectivity index (χ3n) is 2.08. The minimum Gasteiger partial charge on any atom is -0.503 e. The van der Waals surface area contributed by atoms with Gasteiger partial charge in [-0.05, 0) is 24.1 Å². The third-order valence-corrected chi connectivity index (χ3v) is 2.37. The van der Waals surface area contributed by atoms with Gasteiger partial charge in [0.2, 0.25) is 0 Å². The highest BCUT2D eigenvalue weighted by atomic mass is 35.5. The van der Waals surface area contributed by atoms with Crippen molar-refractivity contribution < 1.29 is 19.7 Å². The van der Waals surface area contributed by atoms with E-state index in [1.807, 2.05) is 0 Å². The number of carbonyl (C=O) groups is 1. The molecule has 1 rings (SSSR count). The predicted molar refractivity (Wildman–Crippen MR) is 59.0 cm³/mol. The first kappa shape index (κ1) is 12.6. The number of nitrogens with two attached hydrogens (primary N) is 1. The second kappa shape index (κ2) is 5.05. The number of benzene rings is 1. The van der Waals surface area contributed by atoms with Gasteiger partial charge in [-0.1, -0.05) is 11.6 Å². The average Bonchev–Trinajstić information content (AvgIpc) is 2.22. The van der Waals surface area contributed by atoms with Crippen LogP contribution in [0.1, 0.15) is 5.56 Å². The Kier molecular flexibility index (Phi) is 3.98. The minimum atomic E-state index is -1.09. The third kappa shape index (κ3) is 2.77. The normalized spacial score (nSPS) is 12.2. The summed E-state index contributed by atoms with van der Waals surface area (Å²) in [7, 11) is 1.38. The van der Waals surface area contributed by atoms with E-state index in [1.165, 1.54) is 19.2 Å². The Labute approximate surface area is 97.4 Å². The molecule has 0 amide bonds. The second-order valence-electron chi connectivity index (χ2n) is 3.28. The summed E-state index contributed by atoms with van der Waals surface area (Å²) in [5, 5.41) is 18.2. The fourth-order valence-electron chi connectivity index (χ4n) is 1.24. The summed E-state index contributed by atoms with van der Waals surface area (Å²) < 4.78 is 4.89. The molecule has 0 aliphatic rings. The molecule has 0 saturated carbocycles. The lowest BCUT2D eigenvalue weighted by Gasteiger charge is -2.10. The highest BCUT2D eigenvalue weighted by Gasteiger charge is 2.15. The average molecular weight is 246 g/mol. The van der Waals surface area contributed by atoms with Crippen molar-refractivity contribution in [3.05, 3.63) is 22.7 Å². The second-order valence-corrected chi connectivity index (χ2v) is 3.68. The van der Waals surface area contributed by atoms with Crippen molar-refractivity contribution in [3.8, 4) is 11.5 Å². The molecule has 1 atom stereocenters. The van der Waals surface area contributed by atoms with Crippen LogP contribution in [0.15, 0.2) is 12.1 Å². The number of carboxylic acid groups (broad SMARTS) is 1. The van der Waals surface area contributed by atoms with Gasteiger partial charge in [0.15, 0.2) is 11.5 Å². The molecule has 5 nitrogen and oxygen atoms in total. The van der Waals surface area contributed by atoms with Gasteiger partial charge in [-0.15, -0.1) is 0 Å². The first-order valence-electron chi connectivity index (χ1n) is 4.49. The molecule has 0 aliphatic heterocycles. The van der Waals surface area contributed by atoms with Crippen LogP contribution >= 0.6 is 11.6 Å². The van der Waals surface area contributed by atoms with Crippen LogP contribution in [0.4, 0.5) is 0 Å². The fraction of sp³-hybridized carbons (Fsp3) is 0.300. The zero-order chi connectivity index (χ0) is 12.3. The fourth-order valence-corrected chi connectivity index (χ4v) is 1.48. The van der Waals surface area contributed by atoms with E-state index < -0.39 is 12.0 Å². The van der Waals surface area contributed by atoms with Gasteiger partial charge in [0.1, 0.15) is 6.04 Å². The van der Waals surface area contributed by atoms with Crippen molar-refractivity contribution in [2.75, 3.05) is 7.11 Å². The topological polar surface area (TPSA) is 92.8 Å². The molecule has 0 radical (unpaired) electrons. The smallest absolute Gasteiger partial charge is 0.320 e. The lowest BCUT2D eigenvalue weighted by Crippen LogP contribution is -2.32. The molecule has 0 heterocycles. The summed E-state index contributed by atoms with van der Waals surface area (Å²) in [6.07, 6.45) is 0.117. The molecule has 0 fully saturated rings. The predicted octanol–water partition coefficient (Wildman–Crippen LogP) is 1.01. The lowest BCUT2D eigenvalue weighted by atomic mass is 10.1. The van der Waals surface area contributed by atoms with Crippen LogP contribution in [0.2, 0.25) is 5.02 Å². The van der Waals surface area contributed by atoms with Crippen LogP contribution in [0.3, 0.4) is 0 Å². The largest absolute Gasteiger partial charge is 0.503 e. The number of aliphatic carboxylic acids is 1. The molecule has 6 heteroatoms. The van der Waals surface area contributed by atoms with Crippen molar-refractivity contribution in [2.24, 2.45) is 5.73 Å². The number of halogens is 1. The summed E-state index contributed by atoms with van der Waals surface area (Å²) in [6, 6.07) is 1.96. The number of phenolic OH excluding ortho intramolecular Hbond substituents is 1. The molecule has 4 N–H and O–H groups in total. The first-order chi connectivity index (χ1) is 7.45. The molecule has 0 unspecified atom stereocenters. The van der Waals surface area contributed by atoms with Crippen LogP contribution in [0.5, 0.6) is 11.5 Å². The van der Waals surface area contributed by atoms with Crippen LogP contribution in [-0.2, 0) is 11.2 Å². The zero-order valence-electron chi connectivity index (χ0n) is 8.61. The van der Waals surface area contributed by atoms with Crippen LogP contribution in [-0.4, -0.2) is 29.3 Å². The monoisotopic (exact) mass is 245 g/mol. The number of hydrogen-bond acceptors (Lipinski definition) is 4. The number of carboxylic acids is 1.